The lowest BCUT2D eigenvalue weighted by molar-refractivity contribution is -0.133. The van der Waals surface area contributed by atoms with Gasteiger partial charge in [0.1, 0.15) is 0 Å². The maximum absolute atomic E-state index is 12.1. The fraction of sp³-hybridized carbons (Fsp3) is 0.917. The molecule has 0 bridgehead atoms. The molecule has 1 amide bonds. The summed E-state index contributed by atoms with van der Waals surface area (Å²) in [6.07, 6.45) is 4.74. The van der Waals surface area contributed by atoms with E-state index in [-0.39, 0.29) is 6.61 Å². The number of hydrogen-bond donors (Lipinski definition) is 2. The van der Waals surface area contributed by atoms with E-state index in [9.17, 15) is 4.79 Å². The van der Waals surface area contributed by atoms with Crippen LogP contribution in [0.15, 0.2) is 0 Å². The Morgan fingerprint density at radius 1 is 1.44 bits per heavy atom. The zero-order chi connectivity index (χ0) is 11.4. The van der Waals surface area contributed by atoms with E-state index < -0.39 is 0 Å². The molecule has 2 aliphatic heterocycles. The lowest BCUT2D eigenvalue weighted by Gasteiger charge is -2.30. The van der Waals surface area contributed by atoms with Crippen LogP contribution >= 0.6 is 0 Å². The number of aliphatic hydroxyl groups excluding tert-OH is 1. The maximum atomic E-state index is 12.1. The van der Waals surface area contributed by atoms with Crippen LogP contribution < -0.4 is 5.32 Å². The SMILES string of the molecule is O=C(CC1CNC1)N1CCCC1CCCO. The molecule has 0 saturated carbocycles. The standard InChI is InChI=1S/C12H22N2O2/c15-6-2-4-11-3-1-5-14(11)12(16)7-10-8-13-9-10/h10-11,13,15H,1-9H2. The fourth-order valence-corrected chi connectivity index (χ4v) is 2.65. The molecular weight excluding hydrogens is 204 g/mol. The average molecular weight is 226 g/mol. The summed E-state index contributed by atoms with van der Waals surface area (Å²) in [5.41, 5.74) is 0. The van der Waals surface area contributed by atoms with Crippen LogP contribution in [-0.2, 0) is 4.79 Å². The third-order valence-corrected chi connectivity index (χ3v) is 3.72. The lowest BCUT2D eigenvalue weighted by atomic mass is 9.98. The molecule has 16 heavy (non-hydrogen) atoms. The second-order valence-corrected chi connectivity index (χ2v) is 4.98. The monoisotopic (exact) mass is 226 g/mol. The summed E-state index contributed by atoms with van der Waals surface area (Å²) in [5.74, 6) is 0.888. The minimum atomic E-state index is 0.241. The lowest BCUT2D eigenvalue weighted by Crippen LogP contribution is -2.46. The summed E-state index contributed by atoms with van der Waals surface area (Å²) < 4.78 is 0. The van der Waals surface area contributed by atoms with E-state index in [2.05, 4.69) is 5.32 Å². The largest absolute Gasteiger partial charge is 0.396 e. The third kappa shape index (κ3) is 2.74. The van der Waals surface area contributed by atoms with Crippen LogP contribution in [0.5, 0.6) is 0 Å². The smallest absolute Gasteiger partial charge is 0.223 e. The van der Waals surface area contributed by atoms with Crippen molar-refractivity contribution in [3.63, 3.8) is 0 Å². The first-order valence-electron chi connectivity index (χ1n) is 6.42. The van der Waals surface area contributed by atoms with Crippen LogP contribution in [0.1, 0.15) is 32.1 Å². The van der Waals surface area contributed by atoms with Gasteiger partial charge in [-0.1, -0.05) is 0 Å². The predicted molar refractivity (Wildman–Crippen MR) is 62.0 cm³/mol. The molecular formula is C12H22N2O2. The van der Waals surface area contributed by atoms with Crippen LogP contribution in [0.25, 0.3) is 0 Å². The van der Waals surface area contributed by atoms with Gasteiger partial charge in [0.15, 0.2) is 0 Å². The minimum Gasteiger partial charge on any atom is -0.396 e. The van der Waals surface area contributed by atoms with Crippen molar-refractivity contribution in [1.29, 1.82) is 0 Å². The molecule has 0 spiro atoms. The van der Waals surface area contributed by atoms with Crippen molar-refractivity contribution >= 4 is 5.91 Å². The first kappa shape index (κ1) is 11.9. The molecule has 4 nitrogen and oxygen atoms in total. The van der Waals surface area contributed by atoms with Crippen LogP contribution in [0.4, 0.5) is 0 Å². The minimum absolute atomic E-state index is 0.241. The van der Waals surface area contributed by atoms with E-state index in [1.807, 2.05) is 4.90 Å². The van der Waals surface area contributed by atoms with Gasteiger partial charge in [-0.05, 0) is 44.7 Å². The quantitative estimate of drug-likeness (QED) is 0.711. The van der Waals surface area contributed by atoms with E-state index in [0.29, 0.717) is 24.3 Å². The van der Waals surface area contributed by atoms with E-state index in [0.717, 1.165) is 45.3 Å². The van der Waals surface area contributed by atoms with Crippen molar-refractivity contribution in [2.45, 2.75) is 38.1 Å². The molecule has 2 saturated heterocycles. The second-order valence-electron chi connectivity index (χ2n) is 4.98. The van der Waals surface area contributed by atoms with Gasteiger partial charge < -0.3 is 15.3 Å². The Kier molecular flexibility index (Phi) is 4.18. The average Bonchev–Trinajstić information content (AvgIpc) is 2.68. The van der Waals surface area contributed by atoms with E-state index >= 15 is 0 Å². The number of nitrogens with one attached hydrogen (secondary N) is 1. The molecule has 2 rings (SSSR count). The highest BCUT2D eigenvalue weighted by Gasteiger charge is 2.30. The summed E-state index contributed by atoms with van der Waals surface area (Å²) >= 11 is 0. The molecule has 0 aliphatic carbocycles. The van der Waals surface area contributed by atoms with Gasteiger partial charge in [0, 0.05) is 25.6 Å². The van der Waals surface area contributed by atoms with Crippen LogP contribution in [-0.4, -0.2) is 48.2 Å². The van der Waals surface area contributed by atoms with E-state index in [4.69, 9.17) is 5.11 Å². The summed E-state index contributed by atoms with van der Waals surface area (Å²) in [6.45, 7) is 3.17. The highest BCUT2D eigenvalue weighted by atomic mass is 16.3. The first-order valence-corrected chi connectivity index (χ1v) is 6.42. The molecule has 2 heterocycles. The summed E-state index contributed by atoms with van der Waals surface area (Å²) in [6, 6.07) is 0.396. The Bertz CT molecular complexity index is 241. The molecule has 2 fully saturated rings. The van der Waals surface area contributed by atoms with Gasteiger partial charge in [-0.25, -0.2) is 0 Å². The van der Waals surface area contributed by atoms with Gasteiger partial charge in [-0.15, -0.1) is 0 Å². The molecule has 1 unspecified atom stereocenters. The van der Waals surface area contributed by atoms with Crippen molar-refractivity contribution in [2.75, 3.05) is 26.2 Å². The van der Waals surface area contributed by atoms with Crippen molar-refractivity contribution in [3.8, 4) is 0 Å². The Hall–Kier alpha value is -0.610. The first-order chi connectivity index (χ1) is 7.81. The molecule has 0 aromatic carbocycles. The molecule has 4 heteroatoms. The number of carbonyl (C=O) groups excluding carboxylic acids is 1. The number of aliphatic hydroxyl groups is 1. The van der Waals surface area contributed by atoms with Crippen LogP contribution in [0.2, 0.25) is 0 Å². The van der Waals surface area contributed by atoms with Gasteiger partial charge >= 0.3 is 0 Å². The summed E-state index contributed by atoms with van der Waals surface area (Å²) in [5, 5.41) is 12.0. The highest BCUT2D eigenvalue weighted by molar-refractivity contribution is 5.77. The van der Waals surface area contributed by atoms with Gasteiger partial charge in [-0.3, -0.25) is 4.79 Å². The number of hydrogen-bond acceptors (Lipinski definition) is 3. The Morgan fingerprint density at radius 3 is 2.88 bits per heavy atom. The second kappa shape index (κ2) is 5.64. The third-order valence-electron chi connectivity index (χ3n) is 3.72. The van der Waals surface area contributed by atoms with Crippen molar-refractivity contribution in [1.82, 2.24) is 10.2 Å². The summed E-state index contributed by atoms with van der Waals surface area (Å²) in [4.78, 5) is 14.1. The molecule has 0 radical (unpaired) electrons. The normalized spacial score (nSPS) is 25.8. The zero-order valence-electron chi connectivity index (χ0n) is 9.82. The molecule has 0 aromatic heterocycles. The Labute approximate surface area is 97.0 Å². The number of amides is 1. The van der Waals surface area contributed by atoms with Gasteiger partial charge in [0.05, 0.1) is 0 Å². The Morgan fingerprint density at radius 2 is 2.25 bits per heavy atom. The van der Waals surface area contributed by atoms with Crippen LogP contribution in [0.3, 0.4) is 0 Å². The highest BCUT2D eigenvalue weighted by Crippen LogP contribution is 2.23. The molecule has 2 N–H and O–H groups in total. The van der Waals surface area contributed by atoms with Crippen molar-refractivity contribution < 1.29 is 9.90 Å². The topological polar surface area (TPSA) is 52.6 Å². The number of rotatable bonds is 5. The number of nitrogens with zero attached hydrogens (tertiary/aromatic N) is 1. The fourth-order valence-electron chi connectivity index (χ4n) is 2.65. The van der Waals surface area contributed by atoms with Crippen molar-refractivity contribution in [2.24, 2.45) is 5.92 Å². The van der Waals surface area contributed by atoms with Gasteiger partial charge in [0.25, 0.3) is 0 Å². The molecule has 2 aliphatic rings. The van der Waals surface area contributed by atoms with Gasteiger partial charge in [-0.2, -0.15) is 0 Å². The number of likely N-dealkylation sites (tertiary alicyclic amines) is 1. The van der Waals surface area contributed by atoms with E-state index in [1.54, 1.807) is 0 Å². The van der Waals surface area contributed by atoms with Crippen LogP contribution in [0, 0.1) is 5.92 Å². The van der Waals surface area contributed by atoms with E-state index in [1.165, 1.54) is 0 Å². The predicted octanol–water partition coefficient (Wildman–Crippen LogP) is 0.359. The number of carbonyl (C=O) groups is 1. The molecule has 92 valence electrons. The zero-order valence-corrected chi connectivity index (χ0v) is 9.82. The summed E-state index contributed by atoms with van der Waals surface area (Å²) in [7, 11) is 0. The molecule has 1 atom stereocenters. The molecule has 0 aromatic rings. The Balaban J connectivity index is 1.78. The van der Waals surface area contributed by atoms with Crippen molar-refractivity contribution in [3.05, 3.63) is 0 Å². The maximum Gasteiger partial charge on any atom is 0.223 e. The van der Waals surface area contributed by atoms with Gasteiger partial charge in [0.2, 0.25) is 5.91 Å².